The molecule has 1 aliphatic rings. The molecule has 3 rings (SSSR count). The van der Waals surface area contributed by atoms with E-state index in [1.54, 1.807) is 0 Å². The van der Waals surface area contributed by atoms with Gasteiger partial charge in [-0.3, -0.25) is 4.79 Å². The van der Waals surface area contributed by atoms with Gasteiger partial charge in [0.1, 0.15) is 11.6 Å². The van der Waals surface area contributed by atoms with Gasteiger partial charge in [-0.05, 0) is 52.1 Å². The van der Waals surface area contributed by atoms with Crippen molar-refractivity contribution in [3.05, 3.63) is 48.0 Å². The molecule has 1 amide bonds. The fraction of sp³-hybridized carbons (Fsp3) is 0.524. The van der Waals surface area contributed by atoms with Crippen molar-refractivity contribution < 1.29 is 9.53 Å². The highest BCUT2D eigenvalue weighted by Crippen LogP contribution is 2.27. The van der Waals surface area contributed by atoms with E-state index in [1.807, 2.05) is 48.5 Å². The molecule has 0 bridgehead atoms. The molecule has 0 radical (unpaired) electrons. The smallest absolute Gasteiger partial charge is 0.254 e. The Morgan fingerprint density at radius 1 is 1.37 bits per heavy atom. The molecule has 0 N–H and O–H groups in total. The quantitative estimate of drug-likeness (QED) is 0.752. The highest BCUT2D eigenvalue weighted by Gasteiger charge is 2.28. The Labute approximate surface area is 161 Å². The summed E-state index contributed by atoms with van der Waals surface area (Å²) in [5.41, 5.74) is 0.692. The van der Waals surface area contributed by atoms with Gasteiger partial charge in [-0.1, -0.05) is 6.07 Å². The molecule has 1 saturated heterocycles. The maximum absolute atomic E-state index is 13.0. The third kappa shape index (κ3) is 4.89. The summed E-state index contributed by atoms with van der Waals surface area (Å²) in [5, 5.41) is 0. The predicted molar refractivity (Wildman–Crippen MR) is 106 cm³/mol. The lowest BCUT2D eigenvalue weighted by atomic mass is 9.96. The molecule has 27 heavy (non-hydrogen) atoms. The van der Waals surface area contributed by atoms with Gasteiger partial charge in [0.15, 0.2) is 0 Å². The van der Waals surface area contributed by atoms with Crippen LogP contribution in [0.25, 0.3) is 0 Å². The van der Waals surface area contributed by atoms with Gasteiger partial charge in [0, 0.05) is 50.1 Å². The van der Waals surface area contributed by atoms with Crippen molar-refractivity contribution in [3.8, 4) is 5.75 Å². The van der Waals surface area contributed by atoms with Crippen molar-refractivity contribution in [1.29, 1.82) is 0 Å². The highest BCUT2D eigenvalue weighted by molar-refractivity contribution is 5.94. The zero-order valence-corrected chi connectivity index (χ0v) is 16.6. The summed E-state index contributed by atoms with van der Waals surface area (Å²) in [7, 11) is 4.15. The van der Waals surface area contributed by atoms with E-state index in [0.29, 0.717) is 12.2 Å². The molecule has 0 spiro atoms. The molecule has 6 nitrogen and oxygen atoms in total. The second kappa shape index (κ2) is 9.04. The second-order valence-electron chi connectivity index (χ2n) is 7.33. The van der Waals surface area contributed by atoms with Crippen molar-refractivity contribution in [3.63, 3.8) is 0 Å². The van der Waals surface area contributed by atoms with Crippen LogP contribution in [0, 0.1) is 0 Å². The number of nitrogens with zero attached hydrogens (tertiary/aromatic N) is 4. The number of piperidine rings is 1. The van der Waals surface area contributed by atoms with E-state index in [1.165, 1.54) is 0 Å². The van der Waals surface area contributed by atoms with Crippen LogP contribution in [-0.4, -0.2) is 65.6 Å². The molecule has 1 aliphatic heterocycles. The van der Waals surface area contributed by atoms with Crippen LogP contribution in [0.2, 0.25) is 0 Å². The molecule has 146 valence electrons. The Kier molecular flexibility index (Phi) is 6.50. The number of likely N-dealkylation sites (N-methyl/N-ethyl adjacent to an activating group) is 1. The zero-order valence-electron chi connectivity index (χ0n) is 16.6. The third-order valence-corrected chi connectivity index (χ3v) is 5.00. The average molecular weight is 370 g/mol. The molecule has 1 aromatic carbocycles. The van der Waals surface area contributed by atoms with E-state index in [2.05, 4.69) is 28.5 Å². The van der Waals surface area contributed by atoms with Crippen LogP contribution in [0.15, 0.2) is 36.7 Å². The standard InChI is InChI=1S/C21H30N4O2/c1-4-27-19-9-5-7-17(15-19)21(26)25-11-6-8-18(16-25)20-22-10-12-24(20)14-13-23(2)3/h5,7,9-10,12,15,18H,4,6,8,11,13-14,16H2,1-3H3/t18-/m1/s1. The number of carbonyl (C=O) groups is 1. The van der Waals surface area contributed by atoms with Crippen LogP contribution in [0.1, 0.15) is 41.9 Å². The first kappa shape index (κ1) is 19.4. The van der Waals surface area contributed by atoms with Crippen molar-refractivity contribution in [2.45, 2.75) is 32.2 Å². The third-order valence-electron chi connectivity index (χ3n) is 5.00. The predicted octanol–water partition coefficient (Wildman–Crippen LogP) is 2.86. The number of likely N-dealkylation sites (tertiary alicyclic amines) is 1. The number of aromatic nitrogens is 2. The lowest BCUT2D eigenvalue weighted by Gasteiger charge is -2.33. The van der Waals surface area contributed by atoms with Crippen LogP contribution in [-0.2, 0) is 6.54 Å². The molecule has 1 aromatic heterocycles. The first-order chi connectivity index (χ1) is 13.1. The zero-order chi connectivity index (χ0) is 19.2. The van der Waals surface area contributed by atoms with E-state index in [9.17, 15) is 4.79 Å². The van der Waals surface area contributed by atoms with Gasteiger partial charge in [0.25, 0.3) is 5.91 Å². The Hall–Kier alpha value is -2.34. The number of ether oxygens (including phenoxy) is 1. The first-order valence-corrected chi connectivity index (χ1v) is 9.76. The van der Waals surface area contributed by atoms with Crippen LogP contribution in [0.5, 0.6) is 5.75 Å². The van der Waals surface area contributed by atoms with Crippen molar-refractivity contribution in [2.24, 2.45) is 0 Å². The molecule has 1 fully saturated rings. The Bertz CT molecular complexity index is 756. The molecule has 2 aromatic rings. The summed E-state index contributed by atoms with van der Waals surface area (Å²) in [4.78, 5) is 21.8. The topological polar surface area (TPSA) is 50.6 Å². The molecule has 2 heterocycles. The molecule has 1 atom stereocenters. The number of rotatable bonds is 7. The van der Waals surface area contributed by atoms with Gasteiger partial charge in [-0.2, -0.15) is 0 Å². The van der Waals surface area contributed by atoms with Crippen molar-refractivity contribution >= 4 is 5.91 Å². The summed E-state index contributed by atoms with van der Waals surface area (Å²) in [5.74, 6) is 2.20. The average Bonchev–Trinajstić information content (AvgIpc) is 3.15. The van der Waals surface area contributed by atoms with Gasteiger partial charge in [0.2, 0.25) is 0 Å². The number of amides is 1. The molecular weight excluding hydrogens is 340 g/mol. The van der Waals surface area contributed by atoms with E-state index in [-0.39, 0.29) is 11.8 Å². The van der Waals surface area contributed by atoms with Gasteiger partial charge in [0.05, 0.1) is 6.61 Å². The number of benzene rings is 1. The number of hydrogen-bond donors (Lipinski definition) is 0. The lowest BCUT2D eigenvalue weighted by molar-refractivity contribution is 0.0702. The molecule has 0 aliphatic carbocycles. The highest BCUT2D eigenvalue weighted by atomic mass is 16.5. The van der Waals surface area contributed by atoms with E-state index in [4.69, 9.17) is 4.74 Å². The van der Waals surface area contributed by atoms with Crippen LogP contribution >= 0.6 is 0 Å². The van der Waals surface area contributed by atoms with Gasteiger partial charge >= 0.3 is 0 Å². The summed E-state index contributed by atoms with van der Waals surface area (Å²) < 4.78 is 7.77. The molecular formula is C21H30N4O2. The molecule has 6 heteroatoms. The normalized spacial score (nSPS) is 17.3. The number of imidazole rings is 1. The van der Waals surface area contributed by atoms with Gasteiger partial charge in [-0.15, -0.1) is 0 Å². The maximum Gasteiger partial charge on any atom is 0.254 e. The Balaban J connectivity index is 1.70. The fourth-order valence-corrected chi connectivity index (χ4v) is 3.62. The minimum absolute atomic E-state index is 0.0765. The van der Waals surface area contributed by atoms with Crippen LogP contribution in [0.4, 0.5) is 0 Å². The summed E-state index contributed by atoms with van der Waals surface area (Å²) in [6, 6.07) is 7.48. The van der Waals surface area contributed by atoms with Crippen molar-refractivity contribution in [2.75, 3.05) is 40.3 Å². The minimum Gasteiger partial charge on any atom is -0.494 e. The van der Waals surface area contributed by atoms with E-state index < -0.39 is 0 Å². The molecule has 0 unspecified atom stereocenters. The number of carbonyl (C=O) groups excluding carboxylic acids is 1. The Morgan fingerprint density at radius 2 is 2.22 bits per heavy atom. The monoisotopic (exact) mass is 370 g/mol. The van der Waals surface area contributed by atoms with Crippen LogP contribution in [0.3, 0.4) is 0 Å². The van der Waals surface area contributed by atoms with E-state index >= 15 is 0 Å². The first-order valence-electron chi connectivity index (χ1n) is 9.76. The summed E-state index contributed by atoms with van der Waals surface area (Å²) in [6.45, 7) is 5.95. The van der Waals surface area contributed by atoms with Crippen LogP contribution < -0.4 is 4.74 Å². The SMILES string of the molecule is CCOc1cccc(C(=O)N2CCC[C@@H](c3nccn3CCN(C)C)C2)c1. The number of hydrogen-bond acceptors (Lipinski definition) is 4. The minimum atomic E-state index is 0.0765. The summed E-state index contributed by atoms with van der Waals surface area (Å²) in [6.07, 6.45) is 5.99. The van der Waals surface area contributed by atoms with Gasteiger partial charge in [-0.25, -0.2) is 4.98 Å². The Morgan fingerprint density at radius 3 is 3.00 bits per heavy atom. The van der Waals surface area contributed by atoms with Crippen molar-refractivity contribution in [1.82, 2.24) is 19.4 Å². The largest absolute Gasteiger partial charge is 0.494 e. The summed E-state index contributed by atoms with van der Waals surface area (Å²) >= 11 is 0. The molecule has 0 saturated carbocycles. The van der Waals surface area contributed by atoms with Gasteiger partial charge < -0.3 is 19.1 Å². The fourth-order valence-electron chi connectivity index (χ4n) is 3.62. The lowest BCUT2D eigenvalue weighted by Crippen LogP contribution is -2.40. The van der Waals surface area contributed by atoms with E-state index in [0.717, 1.165) is 50.6 Å². The second-order valence-corrected chi connectivity index (χ2v) is 7.33. The maximum atomic E-state index is 13.0.